The van der Waals surface area contributed by atoms with E-state index in [0.29, 0.717) is 12.0 Å². The molecule has 110 valence electrons. The van der Waals surface area contributed by atoms with Crippen LogP contribution in [0.15, 0.2) is 18.2 Å². The van der Waals surface area contributed by atoms with Crippen molar-refractivity contribution in [1.82, 2.24) is 9.78 Å². The largest absolute Gasteiger partial charge is 0.480 e. The van der Waals surface area contributed by atoms with Crippen LogP contribution >= 0.6 is 0 Å². The Morgan fingerprint density at radius 1 is 1.43 bits per heavy atom. The van der Waals surface area contributed by atoms with E-state index in [2.05, 4.69) is 5.10 Å². The van der Waals surface area contributed by atoms with E-state index in [1.54, 1.807) is 0 Å². The Kier molecular flexibility index (Phi) is 3.80. The molecule has 0 aliphatic heterocycles. The van der Waals surface area contributed by atoms with Gasteiger partial charge < -0.3 is 10.8 Å². The number of aliphatic carboxylic acids is 1. The fourth-order valence-electron chi connectivity index (χ4n) is 2.17. The third-order valence-corrected chi connectivity index (χ3v) is 3.48. The van der Waals surface area contributed by atoms with Gasteiger partial charge >= 0.3 is 5.97 Å². The fourth-order valence-corrected chi connectivity index (χ4v) is 2.17. The Hall–Kier alpha value is -2.63. The number of anilines is 1. The van der Waals surface area contributed by atoms with Crippen LogP contribution in [0.1, 0.15) is 34.5 Å². The van der Waals surface area contributed by atoms with Gasteiger partial charge in [-0.3, -0.25) is 4.79 Å². The maximum Gasteiger partial charge on any atom is 0.328 e. The molecule has 2 rings (SSSR count). The predicted molar refractivity (Wildman–Crippen MR) is 79.3 cm³/mol. The predicted octanol–water partition coefficient (Wildman–Crippen LogP) is 2.21. The van der Waals surface area contributed by atoms with Crippen LogP contribution in [0.3, 0.4) is 0 Å². The quantitative estimate of drug-likeness (QED) is 0.840. The molecule has 1 aromatic carbocycles. The molecule has 0 bridgehead atoms. The molecule has 6 nitrogen and oxygen atoms in total. The lowest BCUT2D eigenvalue weighted by Crippen LogP contribution is -2.18. The first-order chi connectivity index (χ1) is 9.86. The number of hydrogen-bond acceptors (Lipinski definition) is 4. The Bertz CT molecular complexity index is 719. The summed E-state index contributed by atoms with van der Waals surface area (Å²) >= 11 is 0. The first kappa shape index (κ1) is 14.8. The zero-order valence-corrected chi connectivity index (χ0v) is 12.1. The van der Waals surface area contributed by atoms with Crippen molar-refractivity contribution >= 4 is 18.1 Å². The van der Waals surface area contributed by atoms with E-state index < -0.39 is 12.0 Å². The third kappa shape index (κ3) is 2.52. The van der Waals surface area contributed by atoms with Crippen molar-refractivity contribution in [3.8, 4) is 11.3 Å². The number of carboxylic acids is 1. The average molecular weight is 287 g/mol. The SMILES string of the molecule is Cc1ccc(C)c(-c2nn(C(C)C(=O)O)c(N)c2C=O)c1. The molecule has 21 heavy (non-hydrogen) atoms. The molecule has 1 aromatic heterocycles. The number of benzene rings is 1. The van der Waals surface area contributed by atoms with Crippen molar-refractivity contribution in [1.29, 1.82) is 0 Å². The van der Waals surface area contributed by atoms with Gasteiger partial charge in [0.2, 0.25) is 0 Å². The molecule has 2 aromatic rings. The van der Waals surface area contributed by atoms with E-state index >= 15 is 0 Å². The summed E-state index contributed by atoms with van der Waals surface area (Å²) in [7, 11) is 0. The second-order valence-corrected chi connectivity index (χ2v) is 5.04. The Labute approximate surface area is 122 Å². The van der Waals surface area contributed by atoms with Crippen molar-refractivity contribution in [2.45, 2.75) is 26.8 Å². The van der Waals surface area contributed by atoms with E-state index in [0.717, 1.165) is 16.7 Å². The molecule has 3 N–H and O–H groups in total. The molecule has 0 radical (unpaired) electrons. The second kappa shape index (κ2) is 5.40. The van der Waals surface area contributed by atoms with Gasteiger partial charge in [0.1, 0.15) is 17.6 Å². The first-order valence-corrected chi connectivity index (χ1v) is 6.50. The number of aldehydes is 1. The number of aromatic nitrogens is 2. The maximum absolute atomic E-state index is 11.3. The number of hydrogen-bond donors (Lipinski definition) is 2. The highest BCUT2D eigenvalue weighted by Gasteiger charge is 2.24. The van der Waals surface area contributed by atoms with Crippen LogP contribution in [-0.4, -0.2) is 27.1 Å². The number of carbonyl (C=O) groups excluding carboxylic acids is 1. The molecule has 0 saturated carbocycles. The summed E-state index contributed by atoms with van der Waals surface area (Å²) in [6.07, 6.45) is 0.616. The van der Waals surface area contributed by atoms with Crippen LogP contribution in [-0.2, 0) is 4.79 Å². The highest BCUT2D eigenvalue weighted by molar-refractivity contribution is 5.92. The van der Waals surface area contributed by atoms with Gasteiger partial charge in [-0.2, -0.15) is 5.10 Å². The van der Waals surface area contributed by atoms with Gasteiger partial charge in [-0.25, -0.2) is 9.48 Å². The van der Waals surface area contributed by atoms with E-state index in [4.69, 9.17) is 10.8 Å². The lowest BCUT2D eigenvalue weighted by atomic mass is 10.0. The average Bonchev–Trinajstić information content (AvgIpc) is 2.77. The van der Waals surface area contributed by atoms with Gasteiger partial charge in [-0.1, -0.05) is 17.7 Å². The summed E-state index contributed by atoms with van der Waals surface area (Å²) in [6.45, 7) is 5.30. The number of carboxylic acid groups (broad SMARTS) is 1. The number of carbonyl (C=O) groups is 2. The third-order valence-electron chi connectivity index (χ3n) is 3.48. The van der Waals surface area contributed by atoms with E-state index in [9.17, 15) is 9.59 Å². The lowest BCUT2D eigenvalue weighted by Gasteiger charge is -2.08. The molecule has 0 aliphatic rings. The van der Waals surface area contributed by atoms with Gasteiger partial charge in [0, 0.05) is 5.56 Å². The highest BCUT2D eigenvalue weighted by Crippen LogP contribution is 2.30. The van der Waals surface area contributed by atoms with E-state index in [1.165, 1.54) is 11.6 Å². The number of rotatable bonds is 4. The summed E-state index contributed by atoms with van der Waals surface area (Å²) in [6, 6.07) is 4.84. The second-order valence-electron chi connectivity index (χ2n) is 5.04. The maximum atomic E-state index is 11.3. The van der Waals surface area contributed by atoms with Crippen molar-refractivity contribution in [2.24, 2.45) is 0 Å². The minimum atomic E-state index is -1.06. The smallest absolute Gasteiger partial charge is 0.328 e. The molecule has 0 amide bonds. The van der Waals surface area contributed by atoms with E-state index in [1.807, 2.05) is 32.0 Å². The Balaban J connectivity index is 2.69. The van der Waals surface area contributed by atoms with Crippen LogP contribution in [0.2, 0.25) is 0 Å². The molecule has 0 saturated heterocycles. The van der Waals surface area contributed by atoms with Crippen molar-refractivity contribution in [3.05, 3.63) is 34.9 Å². The van der Waals surface area contributed by atoms with Gasteiger partial charge in [0.15, 0.2) is 6.29 Å². The normalized spacial score (nSPS) is 12.1. The molecular formula is C15H17N3O3. The summed E-state index contributed by atoms with van der Waals surface area (Å²) in [5, 5.41) is 13.4. The minimum Gasteiger partial charge on any atom is -0.480 e. The molecule has 1 unspecified atom stereocenters. The van der Waals surface area contributed by atoms with E-state index in [-0.39, 0.29) is 11.4 Å². The number of nitrogens with two attached hydrogens (primary N) is 1. The zero-order chi connectivity index (χ0) is 15.7. The van der Waals surface area contributed by atoms with Crippen molar-refractivity contribution in [2.75, 3.05) is 5.73 Å². The summed E-state index contributed by atoms with van der Waals surface area (Å²) < 4.78 is 1.17. The summed E-state index contributed by atoms with van der Waals surface area (Å²) in [5.41, 5.74) is 9.26. The van der Waals surface area contributed by atoms with Crippen LogP contribution in [0.4, 0.5) is 5.82 Å². The molecule has 6 heteroatoms. The lowest BCUT2D eigenvalue weighted by molar-refractivity contribution is -0.140. The molecular weight excluding hydrogens is 270 g/mol. The van der Waals surface area contributed by atoms with Crippen molar-refractivity contribution in [3.63, 3.8) is 0 Å². The summed E-state index contributed by atoms with van der Waals surface area (Å²) in [4.78, 5) is 22.5. The van der Waals surface area contributed by atoms with Crippen molar-refractivity contribution < 1.29 is 14.7 Å². The minimum absolute atomic E-state index is 0.0656. The molecule has 0 aliphatic carbocycles. The standard InChI is InChI=1S/C15H17N3O3/c1-8-4-5-9(2)11(6-8)13-12(7-19)14(16)18(17-13)10(3)15(20)21/h4-7,10H,16H2,1-3H3,(H,20,21). The van der Waals surface area contributed by atoms with Crippen LogP contribution < -0.4 is 5.73 Å². The Morgan fingerprint density at radius 3 is 2.67 bits per heavy atom. The van der Waals surface area contributed by atoms with Gasteiger partial charge in [-0.15, -0.1) is 0 Å². The van der Waals surface area contributed by atoms with Crippen LogP contribution in [0.25, 0.3) is 11.3 Å². The molecule has 0 fully saturated rings. The molecule has 1 heterocycles. The van der Waals surface area contributed by atoms with Gasteiger partial charge in [0.05, 0.1) is 5.56 Å². The number of nitrogens with zero attached hydrogens (tertiary/aromatic N) is 2. The van der Waals surface area contributed by atoms with Gasteiger partial charge in [0.25, 0.3) is 0 Å². The Morgan fingerprint density at radius 2 is 2.10 bits per heavy atom. The van der Waals surface area contributed by atoms with Crippen LogP contribution in [0.5, 0.6) is 0 Å². The highest BCUT2D eigenvalue weighted by atomic mass is 16.4. The zero-order valence-electron chi connectivity index (χ0n) is 12.1. The number of nitrogen functional groups attached to an aromatic ring is 1. The monoisotopic (exact) mass is 287 g/mol. The molecule has 0 spiro atoms. The first-order valence-electron chi connectivity index (χ1n) is 6.50. The fraction of sp³-hybridized carbons (Fsp3) is 0.267. The summed E-state index contributed by atoms with van der Waals surface area (Å²) in [5.74, 6) is -0.995. The van der Waals surface area contributed by atoms with Crippen LogP contribution in [0, 0.1) is 13.8 Å². The van der Waals surface area contributed by atoms with Gasteiger partial charge in [-0.05, 0) is 32.4 Å². The molecule has 1 atom stereocenters. The topological polar surface area (TPSA) is 98.2 Å². The number of aryl methyl sites for hydroxylation is 2.